The Morgan fingerprint density at radius 3 is 2.78 bits per heavy atom. The van der Waals surface area contributed by atoms with E-state index in [1.807, 2.05) is 41.2 Å². The number of morpholine rings is 1. The van der Waals surface area contributed by atoms with Gasteiger partial charge in [-0.05, 0) is 36.7 Å². The van der Waals surface area contributed by atoms with Gasteiger partial charge in [0.2, 0.25) is 0 Å². The topological polar surface area (TPSA) is 80.7 Å². The van der Waals surface area contributed by atoms with E-state index in [0.717, 1.165) is 51.4 Å². The van der Waals surface area contributed by atoms with Crippen molar-refractivity contribution in [2.75, 3.05) is 45.9 Å². The summed E-state index contributed by atoms with van der Waals surface area (Å²) in [4.78, 5) is 6.93. The second-order valence-electron chi connectivity index (χ2n) is 6.51. The van der Waals surface area contributed by atoms with Crippen LogP contribution in [-0.4, -0.2) is 66.6 Å². The number of benzene rings is 1. The van der Waals surface area contributed by atoms with Crippen LogP contribution in [0.5, 0.6) is 0 Å². The number of halogens is 1. The van der Waals surface area contributed by atoms with Crippen LogP contribution in [0.3, 0.4) is 0 Å². The first-order valence-electron chi connectivity index (χ1n) is 9.31. The molecule has 1 unspecified atom stereocenters. The van der Waals surface area contributed by atoms with Crippen molar-refractivity contribution in [3.05, 3.63) is 53.3 Å². The second kappa shape index (κ2) is 10.3. The van der Waals surface area contributed by atoms with Crippen molar-refractivity contribution in [3.8, 4) is 0 Å². The molecule has 0 spiro atoms. The van der Waals surface area contributed by atoms with Crippen molar-refractivity contribution in [2.24, 2.45) is 10.7 Å². The molecule has 0 bridgehead atoms. The second-order valence-corrected chi connectivity index (χ2v) is 6.95. The fourth-order valence-electron chi connectivity index (χ4n) is 3.08. The molecule has 1 saturated heterocycles. The lowest BCUT2D eigenvalue weighted by atomic mass is 10.1. The van der Waals surface area contributed by atoms with Gasteiger partial charge in [-0.2, -0.15) is 5.10 Å². The number of nitrogens with one attached hydrogen (secondary N) is 1. The molecule has 3 N–H and O–H groups in total. The smallest absolute Gasteiger partial charge is 0.188 e. The molecule has 1 aromatic carbocycles. The summed E-state index contributed by atoms with van der Waals surface area (Å²) in [5.74, 6) is 0.461. The SMILES string of the molecule is NC(=NCC(c1ccc(Cl)cc1)n1cccn1)NCCCN1CCOCC1. The monoisotopic (exact) mass is 390 g/mol. The first-order chi connectivity index (χ1) is 13.2. The molecule has 27 heavy (non-hydrogen) atoms. The normalized spacial score (nSPS) is 17.0. The summed E-state index contributed by atoms with van der Waals surface area (Å²) < 4.78 is 7.25. The highest BCUT2D eigenvalue weighted by molar-refractivity contribution is 6.30. The molecule has 2 aromatic rings. The van der Waals surface area contributed by atoms with Gasteiger partial charge in [-0.25, -0.2) is 0 Å². The number of ether oxygens (including phenoxy) is 1. The van der Waals surface area contributed by atoms with Crippen LogP contribution in [0.4, 0.5) is 0 Å². The van der Waals surface area contributed by atoms with Crippen LogP contribution >= 0.6 is 11.6 Å². The summed E-state index contributed by atoms with van der Waals surface area (Å²) in [6.45, 7) is 6.04. The molecule has 0 radical (unpaired) electrons. The zero-order valence-corrected chi connectivity index (χ0v) is 16.2. The Hall–Kier alpha value is -2.09. The first-order valence-corrected chi connectivity index (χ1v) is 9.68. The Kier molecular flexibility index (Phi) is 7.50. The number of guanidine groups is 1. The molecule has 146 valence electrons. The molecule has 1 aliphatic rings. The molecule has 0 amide bonds. The summed E-state index contributed by atoms with van der Waals surface area (Å²) >= 11 is 6.01. The maximum atomic E-state index is 6.05. The maximum absolute atomic E-state index is 6.05. The van der Waals surface area contributed by atoms with Crippen molar-refractivity contribution in [2.45, 2.75) is 12.5 Å². The Balaban J connectivity index is 1.50. The van der Waals surface area contributed by atoms with Gasteiger partial charge in [0.15, 0.2) is 5.96 Å². The van der Waals surface area contributed by atoms with Gasteiger partial charge in [-0.3, -0.25) is 14.6 Å². The van der Waals surface area contributed by atoms with Crippen LogP contribution in [-0.2, 0) is 4.74 Å². The van der Waals surface area contributed by atoms with Crippen molar-refractivity contribution in [1.82, 2.24) is 20.0 Å². The van der Waals surface area contributed by atoms with E-state index >= 15 is 0 Å². The van der Waals surface area contributed by atoms with Crippen LogP contribution in [0.1, 0.15) is 18.0 Å². The van der Waals surface area contributed by atoms with E-state index in [1.165, 1.54) is 0 Å². The zero-order valence-electron chi connectivity index (χ0n) is 15.4. The molecular weight excluding hydrogens is 364 g/mol. The lowest BCUT2D eigenvalue weighted by molar-refractivity contribution is 0.0376. The average Bonchev–Trinajstić information content (AvgIpc) is 3.22. The van der Waals surface area contributed by atoms with E-state index in [1.54, 1.807) is 6.20 Å². The Morgan fingerprint density at radius 1 is 1.30 bits per heavy atom. The summed E-state index contributed by atoms with van der Waals surface area (Å²) in [5, 5.41) is 8.27. The molecule has 0 saturated carbocycles. The highest BCUT2D eigenvalue weighted by Crippen LogP contribution is 2.20. The molecule has 0 aliphatic carbocycles. The molecule has 3 rings (SSSR count). The van der Waals surface area contributed by atoms with Crippen molar-refractivity contribution >= 4 is 17.6 Å². The van der Waals surface area contributed by atoms with E-state index < -0.39 is 0 Å². The lowest BCUT2D eigenvalue weighted by Crippen LogP contribution is -2.39. The highest BCUT2D eigenvalue weighted by Gasteiger charge is 2.14. The third kappa shape index (κ3) is 6.23. The lowest BCUT2D eigenvalue weighted by Gasteiger charge is -2.26. The fourth-order valence-corrected chi connectivity index (χ4v) is 3.20. The predicted molar refractivity (Wildman–Crippen MR) is 108 cm³/mol. The number of aromatic nitrogens is 2. The Labute approximate surface area is 165 Å². The molecule has 1 aliphatic heterocycles. The quantitative estimate of drug-likeness (QED) is 0.408. The van der Waals surface area contributed by atoms with Gasteiger partial charge in [0.1, 0.15) is 0 Å². The summed E-state index contributed by atoms with van der Waals surface area (Å²) in [7, 11) is 0. The molecular formula is C19H27ClN6O. The molecule has 1 aromatic heterocycles. The summed E-state index contributed by atoms with van der Waals surface area (Å²) in [5.41, 5.74) is 7.14. The molecule has 2 heterocycles. The van der Waals surface area contributed by atoms with Crippen LogP contribution in [0, 0.1) is 0 Å². The van der Waals surface area contributed by atoms with Gasteiger partial charge < -0.3 is 15.8 Å². The van der Waals surface area contributed by atoms with Gasteiger partial charge in [0.25, 0.3) is 0 Å². The number of hydrogen-bond acceptors (Lipinski definition) is 4. The van der Waals surface area contributed by atoms with E-state index in [0.29, 0.717) is 17.5 Å². The summed E-state index contributed by atoms with van der Waals surface area (Å²) in [6, 6.07) is 9.63. The number of aliphatic imine (C=N–C) groups is 1. The minimum absolute atomic E-state index is 0.0223. The summed E-state index contributed by atoms with van der Waals surface area (Å²) in [6.07, 6.45) is 4.72. The largest absolute Gasteiger partial charge is 0.379 e. The van der Waals surface area contributed by atoms with Crippen molar-refractivity contribution in [3.63, 3.8) is 0 Å². The van der Waals surface area contributed by atoms with E-state index in [4.69, 9.17) is 22.1 Å². The molecule has 8 heteroatoms. The van der Waals surface area contributed by atoms with Crippen LogP contribution < -0.4 is 11.1 Å². The van der Waals surface area contributed by atoms with Gasteiger partial charge >= 0.3 is 0 Å². The van der Waals surface area contributed by atoms with E-state index in [9.17, 15) is 0 Å². The van der Waals surface area contributed by atoms with Crippen molar-refractivity contribution < 1.29 is 4.74 Å². The molecule has 7 nitrogen and oxygen atoms in total. The number of nitrogens with zero attached hydrogens (tertiary/aromatic N) is 4. The maximum Gasteiger partial charge on any atom is 0.188 e. The first kappa shape index (κ1) is 19.7. The van der Waals surface area contributed by atoms with E-state index in [2.05, 4.69) is 20.3 Å². The van der Waals surface area contributed by atoms with Gasteiger partial charge in [-0.1, -0.05) is 23.7 Å². The zero-order chi connectivity index (χ0) is 18.9. The Bertz CT molecular complexity index is 697. The Morgan fingerprint density at radius 2 is 2.07 bits per heavy atom. The fraction of sp³-hybridized carbons (Fsp3) is 0.474. The average molecular weight is 391 g/mol. The molecule has 1 fully saturated rings. The predicted octanol–water partition coefficient (Wildman–Crippen LogP) is 1.75. The number of hydrogen-bond donors (Lipinski definition) is 2. The number of nitrogens with two attached hydrogens (primary N) is 1. The van der Waals surface area contributed by atoms with Crippen LogP contribution in [0.15, 0.2) is 47.7 Å². The third-order valence-corrected chi connectivity index (χ3v) is 4.85. The van der Waals surface area contributed by atoms with Gasteiger partial charge in [0.05, 0.1) is 25.8 Å². The minimum atomic E-state index is -0.0223. The highest BCUT2D eigenvalue weighted by atomic mass is 35.5. The third-order valence-electron chi connectivity index (χ3n) is 4.59. The molecule has 1 atom stereocenters. The standard InChI is InChI=1S/C19H27ClN6O/c20-17-5-3-16(4-6-17)18(26-10-2-8-24-26)15-23-19(21)22-7-1-9-25-11-13-27-14-12-25/h2-6,8,10,18H,1,7,9,11-15H2,(H3,21,22,23). The minimum Gasteiger partial charge on any atom is -0.379 e. The van der Waals surface area contributed by atoms with Gasteiger partial charge in [0, 0.05) is 37.1 Å². The van der Waals surface area contributed by atoms with Crippen LogP contribution in [0.25, 0.3) is 0 Å². The number of rotatable bonds is 8. The van der Waals surface area contributed by atoms with E-state index in [-0.39, 0.29) is 6.04 Å². The van der Waals surface area contributed by atoms with Crippen LogP contribution in [0.2, 0.25) is 5.02 Å². The van der Waals surface area contributed by atoms with Crippen molar-refractivity contribution in [1.29, 1.82) is 0 Å². The van der Waals surface area contributed by atoms with Gasteiger partial charge in [-0.15, -0.1) is 0 Å².